The van der Waals surface area contributed by atoms with Gasteiger partial charge in [-0.15, -0.1) is 0 Å². The highest BCUT2D eigenvalue weighted by Crippen LogP contribution is 2.21. The molecule has 0 aliphatic carbocycles. The van der Waals surface area contributed by atoms with E-state index in [1.165, 1.54) is 0 Å². The standard InChI is InChI=1S/C9H10O2.C2H6.CH4O.CH4/c1-2-4-8(5-3-1)9-10-6-7-11-9;2*1-2;/h1-5,9H,6-7H2;1-2H3;2H,1H3;1H4. The second-order valence-corrected chi connectivity index (χ2v) is 2.48. The second kappa shape index (κ2) is 12.2. The second-order valence-electron chi connectivity index (χ2n) is 2.48. The van der Waals surface area contributed by atoms with Crippen LogP contribution in [0, 0.1) is 0 Å². The zero-order valence-electron chi connectivity index (χ0n) is 9.64. The zero-order chi connectivity index (χ0) is 11.5. The number of ether oxygens (including phenoxy) is 2. The van der Waals surface area contributed by atoms with Crippen molar-refractivity contribution in [3.63, 3.8) is 0 Å². The van der Waals surface area contributed by atoms with Gasteiger partial charge in [-0.3, -0.25) is 0 Å². The van der Waals surface area contributed by atoms with Gasteiger partial charge in [-0.05, 0) is 0 Å². The normalized spacial score (nSPS) is 13.8. The molecule has 1 fully saturated rings. The summed E-state index contributed by atoms with van der Waals surface area (Å²) in [5.74, 6) is 0. The van der Waals surface area contributed by atoms with E-state index < -0.39 is 0 Å². The molecule has 0 aromatic heterocycles. The van der Waals surface area contributed by atoms with Crippen molar-refractivity contribution >= 4 is 0 Å². The fourth-order valence-corrected chi connectivity index (χ4v) is 1.16. The van der Waals surface area contributed by atoms with Crippen LogP contribution in [0.4, 0.5) is 0 Å². The van der Waals surface area contributed by atoms with Crippen LogP contribution in [0.15, 0.2) is 30.3 Å². The summed E-state index contributed by atoms with van der Waals surface area (Å²) >= 11 is 0. The highest BCUT2D eigenvalue weighted by atomic mass is 16.7. The Bertz CT molecular complexity index is 218. The van der Waals surface area contributed by atoms with E-state index in [1.807, 2.05) is 44.2 Å². The molecule has 1 aliphatic rings. The van der Waals surface area contributed by atoms with Crippen LogP contribution in [0.25, 0.3) is 0 Å². The first-order chi connectivity index (χ1) is 7.47. The third kappa shape index (κ3) is 5.85. The van der Waals surface area contributed by atoms with Gasteiger partial charge >= 0.3 is 0 Å². The molecule has 1 aromatic carbocycles. The largest absolute Gasteiger partial charge is 0.400 e. The van der Waals surface area contributed by atoms with Crippen LogP contribution in [0.1, 0.15) is 33.1 Å². The molecule has 0 bridgehead atoms. The Kier molecular flexibility index (Phi) is 13.3. The van der Waals surface area contributed by atoms with E-state index in [0.717, 1.165) is 12.7 Å². The van der Waals surface area contributed by atoms with Crippen molar-refractivity contribution in [3.8, 4) is 0 Å². The van der Waals surface area contributed by atoms with Crippen LogP contribution in [0.2, 0.25) is 0 Å². The van der Waals surface area contributed by atoms with Gasteiger partial charge in [0.15, 0.2) is 6.29 Å². The van der Waals surface area contributed by atoms with Crippen LogP contribution >= 0.6 is 0 Å². The minimum Gasteiger partial charge on any atom is -0.400 e. The zero-order valence-corrected chi connectivity index (χ0v) is 9.64. The summed E-state index contributed by atoms with van der Waals surface area (Å²) in [6, 6.07) is 9.98. The van der Waals surface area contributed by atoms with Crippen molar-refractivity contribution in [2.45, 2.75) is 27.6 Å². The minimum atomic E-state index is -0.129. The summed E-state index contributed by atoms with van der Waals surface area (Å²) in [7, 11) is 1.00. The first-order valence-electron chi connectivity index (χ1n) is 5.20. The summed E-state index contributed by atoms with van der Waals surface area (Å²) in [4.78, 5) is 0. The molecule has 0 saturated carbocycles. The number of rotatable bonds is 1. The summed E-state index contributed by atoms with van der Waals surface area (Å²) in [6.07, 6.45) is -0.129. The Morgan fingerprint density at radius 2 is 1.44 bits per heavy atom. The number of benzene rings is 1. The van der Waals surface area contributed by atoms with Crippen molar-refractivity contribution in [3.05, 3.63) is 35.9 Å². The molecule has 1 N–H and O–H groups in total. The molecule has 0 unspecified atom stereocenters. The van der Waals surface area contributed by atoms with E-state index in [0.29, 0.717) is 13.2 Å². The predicted octanol–water partition coefficient (Wildman–Crippen LogP) is 3.00. The molecule has 94 valence electrons. The lowest BCUT2D eigenvalue weighted by molar-refractivity contribution is -0.0441. The van der Waals surface area contributed by atoms with E-state index in [9.17, 15) is 0 Å². The molecule has 3 heteroatoms. The monoisotopic (exact) mass is 228 g/mol. The Hall–Kier alpha value is -0.900. The van der Waals surface area contributed by atoms with Crippen molar-refractivity contribution in [2.75, 3.05) is 20.3 Å². The van der Waals surface area contributed by atoms with E-state index in [-0.39, 0.29) is 13.7 Å². The lowest BCUT2D eigenvalue weighted by atomic mass is 10.2. The van der Waals surface area contributed by atoms with Gasteiger partial charge in [0.2, 0.25) is 0 Å². The number of hydrogen-bond donors (Lipinski definition) is 1. The molecule has 0 atom stereocenters. The van der Waals surface area contributed by atoms with Gasteiger partial charge in [-0.1, -0.05) is 51.6 Å². The van der Waals surface area contributed by atoms with Crippen LogP contribution in [0.3, 0.4) is 0 Å². The maximum atomic E-state index is 7.00. The van der Waals surface area contributed by atoms with Gasteiger partial charge < -0.3 is 14.6 Å². The average Bonchev–Trinajstić information content (AvgIpc) is 2.89. The fourth-order valence-electron chi connectivity index (χ4n) is 1.16. The van der Waals surface area contributed by atoms with Crippen molar-refractivity contribution in [1.82, 2.24) is 0 Å². The van der Waals surface area contributed by atoms with Crippen LogP contribution in [-0.2, 0) is 9.47 Å². The Morgan fingerprint density at radius 3 is 1.88 bits per heavy atom. The maximum absolute atomic E-state index is 7.00. The molecular formula is C13H24O3. The van der Waals surface area contributed by atoms with E-state index >= 15 is 0 Å². The minimum absolute atomic E-state index is 0. The third-order valence-corrected chi connectivity index (χ3v) is 1.69. The first-order valence-corrected chi connectivity index (χ1v) is 5.20. The van der Waals surface area contributed by atoms with E-state index in [2.05, 4.69) is 0 Å². The molecule has 0 amide bonds. The van der Waals surface area contributed by atoms with Gasteiger partial charge in [-0.2, -0.15) is 0 Å². The predicted molar refractivity (Wildman–Crippen MR) is 67.3 cm³/mol. The highest BCUT2D eigenvalue weighted by molar-refractivity contribution is 5.16. The summed E-state index contributed by atoms with van der Waals surface area (Å²) < 4.78 is 10.6. The molecule has 2 rings (SSSR count). The molecule has 0 spiro atoms. The molecule has 1 aromatic rings. The molecule has 1 aliphatic heterocycles. The molecule has 16 heavy (non-hydrogen) atoms. The summed E-state index contributed by atoms with van der Waals surface area (Å²) in [6.45, 7) is 5.42. The Morgan fingerprint density at radius 1 is 1.00 bits per heavy atom. The van der Waals surface area contributed by atoms with Crippen molar-refractivity contribution in [1.29, 1.82) is 0 Å². The summed E-state index contributed by atoms with van der Waals surface area (Å²) in [5.41, 5.74) is 1.10. The van der Waals surface area contributed by atoms with Gasteiger partial charge in [-0.25, -0.2) is 0 Å². The first kappa shape index (κ1) is 17.5. The van der Waals surface area contributed by atoms with Gasteiger partial charge in [0, 0.05) is 12.7 Å². The lowest BCUT2D eigenvalue weighted by Crippen LogP contribution is -1.96. The summed E-state index contributed by atoms with van der Waals surface area (Å²) in [5, 5.41) is 7.00. The van der Waals surface area contributed by atoms with Gasteiger partial charge in [0.1, 0.15) is 0 Å². The molecular weight excluding hydrogens is 204 g/mol. The quantitative estimate of drug-likeness (QED) is 0.803. The highest BCUT2D eigenvalue weighted by Gasteiger charge is 2.16. The molecule has 3 nitrogen and oxygen atoms in total. The molecule has 1 heterocycles. The van der Waals surface area contributed by atoms with Crippen molar-refractivity contribution in [2.24, 2.45) is 0 Å². The van der Waals surface area contributed by atoms with E-state index in [1.54, 1.807) is 0 Å². The van der Waals surface area contributed by atoms with Crippen LogP contribution < -0.4 is 0 Å². The fraction of sp³-hybridized carbons (Fsp3) is 0.538. The number of hydrogen-bond acceptors (Lipinski definition) is 3. The Balaban J connectivity index is 0. The molecule has 0 radical (unpaired) electrons. The van der Waals surface area contributed by atoms with E-state index in [4.69, 9.17) is 14.6 Å². The Labute approximate surface area is 99.0 Å². The SMILES string of the molecule is C.CC.CO.c1ccc(C2OCCO2)cc1. The van der Waals surface area contributed by atoms with Crippen LogP contribution in [0.5, 0.6) is 0 Å². The maximum Gasteiger partial charge on any atom is 0.184 e. The van der Waals surface area contributed by atoms with Gasteiger partial charge in [0.05, 0.1) is 13.2 Å². The number of aliphatic hydroxyl groups is 1. The van der Waals surface area contributed by atoms with Crippen LogP contribution in [-0.4, -0.2) is 25.4 Å². The molecule has 1 saturated heterocycles. The lowest BCUT2D eigenvalue weighted by Gasteiger charge is -2.07. The topological polar surface area (TPSA) is 38.7 Å². The number of aliphatic hydroxyl groups excluding tert-OH is 1. The average molecular weight is 228 g/mol. The van der Waals surface area contributed by atoms with Gasteiger partial charge in [0.25, 0.3) is 0 Å². The van der Waals surface area contributed by atoms with Crippen molar-refractivity contribution < 1.29 is 14.6 Å². The third-order valence-electron chi connectivity index (χ3n) is 1.69. The smallest absolute Gasteiger partial charge is 0.184 e.